The molecule has 0 bridgehead atoms. The van der Waals surface area contributed by atoms with Gasteiger partial charge in [-0.1, -0.05) is 13.0 Å². The fourth-order valence-corrected chi connectivity index (χ4v) is 1.56. The molecule has 18 heavy (non-hydrogen) atoms. The van der Waals surface area contributed by atoms with Crippen LogP contribution >= 0.6 is 0 Å². The van der Waals surface area contributed by atoms with Crippen LogP contribution in [0.3, 0.4) is 0 Å². The smallest absolute Gasteiger partial charge is 0.128 e. The Kier molecular flexibility index (Phi) is 7.57. The lowest BCUT2D eigenvalue weighted by Crippen LogP contribution is -2.12. The largest absolute Gasteiger partial charge is 0.379 e. The van der Waals surface area contributed by atoms with Gasteiger partial charge < -0.3 is 14.8 Å². The summed E-state index contributed by atoms with van der Waals surface area (Å²) in [6.45, 7) is 7.64. The maximum absolute atomic E-state index is 13.5. The Morgan fingerprint density at radius 1 is 1.17 bits per heavy atom. The minimum Gasteiger partial charge on any atom is -0.379 e. The number of rotatable bonds is 9. The third-order valence-corrected chi connectivity index (χ3v) is 2.52. The van der Waals surface area contributed by atoms with Gasteiger partial charge in [-0.15, -0.1) is 0 Å². The van der Waals surface area contributed by atoms with Gasteiger partial charge >= 0.3 is 0 Å². The zero-order valence-corrected chi connectivity index (χ0v) is 11.2. The summed E-state index contributed by atoms with van der Waals surface area (Å²) >= 11 is 0. The number of ether oxygens (including phenoxy) is 2. The summed E-state index contributed by atoms with van der Waals surface area (Å²) in [5, 5.41) is 3.21. The van der Waals surface area contributed by atoms with Gasteiger partial charge in [0.05, 0.1) is 19.8 Å². The maximum atomic E-state index is 13.5. The molecule has 0 amide bonds. The highest BCUT2D eigenvalue weighted by Gasteiger charge is 2.03. The van der Waals surface area contributed by atoms with Crippen LogP contribution in [-0.4, -0.2) is 26.4 Å². The van der Waals surface area contributed by atoms with Crippen LogP contribution in [0.5, 0.6) is 0 Å². The maximum Gasteiger partial charge on any atom is 0.128 e. The van der Waals surface area contributed by atoms with E-state index in [0.717, 1.165) is 18.7 Å². The Morgan fingerprint density at radius 2 is 1.94 bits per heavy atom. The van der Waals surface area contributed by atoms with Gasteiger partial charge in [0.1, 0.15) is 5.82 Å². The summed E-state index contributed by atoms with van der Waals surface area (Å²) in [4.78, 5) is 0. The highest BCUT2D eigenvalue weighted by atomic mass is 19.1. The SMILES string of the molecule is CCNCc1ccc(F)c(COCCOCC)c1. The van der Waals surface area contributed by atoms with Crippen molar-refractivity contribution in [1.82, 2.24) is 5.32 Å². The molecule has 0 spiro atoms. The van der Waals surface area contributed by atoms with Crippen molar-refractivity contribution in [3.05, 3.63) is 35.1 Å². The van der Waals surface area contributed by atoms with Gasteiger partial charge in [-0.25, -0.2) is 4.39 Å². The van der Waals surface area contributed by atoms with Gasteiger partial charge in [0, 0.05) is 18.7 Å². The van der Waals surface area contributed by atoms with Crippen LogP contribution in [0.25, 0.3) is 0 Å². The van der Waals surface area contributed by atoms with Crippen molar-refractivity contribution in [1.29, 1.82) is 0 Å². The van der Waals surface area contributed by atoms with Gasteiger partial charge in [0.25, 0.3) is 0 Å². The highest BCUT2D eigenvalue weighted by Crippen LogP contribution is 2.12. The van der Waals surface area contributed by atoms with Crippen LogP contribution in [0, 0.1) is 5.82 Å². The first-order valence-electron chi connectivity index (χ1n) is 6.41. The normalized spacial score (nSPS) is 10.8. The Labute approximate surface area is 108 Å². The molecule has 0 aliphatic carbocycles. The first-order chi connectivity index (χ1) is 8.77. The number of hydrogen-bond acceptors (Lipinski definition) is 3. The van der Waals surface area contributed by atoms with Gasteiger partial charge in [0.15, 0.2) is 0 Å². The van der Waals surface area contributed by atoms with Crippen molar-refractivity contribution in [3.8, 4) is 0 Å². The van der Waals surface area contributed by atoms with E-state index >= 15 is 0 Å². The molecule has 0 atom stereocenters. The highest BCUT2D eigenvalue weighted by molar-refractivity contribution is 5.24. The molecule has 1 N–H and O–H groups in total. The standard InChI is InChI=1S/C14H22FNO2/c1-3-16-10-12-5-6-14(15)13(9-12)11-18-8-7-17-4-2/h5-6,9,16H,3-4,7-8,10-11H2,1-2H3. The molecule has 0 unspecified atom stereocenters. The second kappa shape index (κ2) is 9.03. The summed E-state index contributed by atoms with van der Waals surface area (Å²) in [5.41, 5.74) is 1.67. The van der Waals surface area contributed by atoms with E-state index < -0.39 is 0 Å². The molecule has 1 rings (SSSR count). The van der Waals surface area contributed by atoms with E-state index in [1.807, 2.05) is 19.9 Å². The predicted octanol–water partition coefficient (Wildman–Crippen LogP) is 2.49. The van der Waals surface area contributed by atoms with Crippen molar-refractivity contribution >= 4 is 0 Å². The van der Waals surface area contributed by atoms with E-state index in [1.54, 1.807) is 6.07 Å². The lowest BCUT2D eigenvalue weighted by Gasteiger charge is -2.08. The van der Waals surface area contributed by atoms with Gasteiger partial charge in [-0.05, 0) is 31.2 Å². The summed E-state index contributed by atoms with van der Waals surface area (Å²) in [6, 6.07) is 5.13. The first kappa shape index (κ1) is 15.1. The number of halogens is 1. The fourth-order valence-electron chi connectivity index (χ4n) is 1.56. The third-order valence-electron chi connectivity index (χ3n) is 2.52. The first-order valence-corrected chi connectivity index (χ1v) is 6.41. The summed E-state index contributed by atoms with van der Waals surface area (Å²) in [6.07, 6.45) is 0. The van der Waals surface area contributed by atoms with E-state index in [4.69, 9.17) is 9.47 Å². The molecule has 3 nitrogen and oxygen atoms in total. The molecule has 0 radical (unpaired) electrons. The molecule has 0 aliphatic rings. The second-order valence-electron chi connectivity index (χ2n) is 3.96. The third kappa shape index (κ3) is 5.58. The number of nitrogens with one attached hydrogen (secondary N) is 1. The molecule has 0 saturated carbocycles. The van der Waals surface area contributed by atoms with Crippen LogP contribution in [0.2, 0.25) is 0 Å². The van der Waals surface area contributed by atoms with Gasteiger partial charge in [0.2, 0.25) is 0 Å². The molecule has 4 heteroatoms. The molecule has 0 aromatic heterocycles. The molecule has 0 heterocycles. The van der Waals surface area contributed by atoms with Crippen LogP contribution < -0.4 is 5.32 Å². The molecule has 0 saturated heterocycles. The van der Waals surface area contributed by atoms with Crippen molar-refractivity contribution in [2.24, 2.45) is 0 Å². The fraction of sp³-hybridized carbons (Fsp3) is 0.571. The van der Waals surface area contributed by atoms with E-state index in [2.05, 4.69) is 5.32 Å². The Balaban J connectivity index is 2.42. The van der Waals surface area contributed by atoms with Crippen molar-refractivity contribution in [2.75, 3.05) is 26.4 Å². The minimum absolute atomic E-state index is 0.216. The zero-order chi connectivity index (χ0) is 13.2. The predicted molar refractivity (Wildman–Crippen MR) is 69.9 cm³/mol. The summed E-state index contributed by atoms with van der Waals surface area (Å²) < 4.78 is 24.1. The average molecular weight is 255 g/mol. The summed E-state index contributed by atoms with van der Waals surface area (Å²) in [5.74, 6) is -0.216. The monoisotopic (exact) mass is 255 g/mol. The number of benzene rings is 1. The summed E-state index contributed by atoms with van der Waals surface area (Å²) in [7, 11) is 0. The van der Waals surface area contributed by atoms with E-state index in [1.165, 1.54) is 6.07 Å². The molecular formula is C14H22FNO2. The lowest BCUT2D eigenvalue weighted by molar-refractivity contribution is 0.0443. The average Bonchev–Trinajstić information content (AvgIpc) is 2.39. The molecule has 0 fully saturated rings. The molecule has 1 aromatic rings. The second-order valence-corrected chi connectivity index (χ2v) is 3.96. The van der Waals surface area contributed by atoms with Crippen molar-refractivity contribution in [3.63, 3.8) is 0 Å². The van der Waals surface area contributed by atoms with Crippen molar-refractivity contribution < 1.29 is 13.9 Å². The quantitative estimate of drug-likeness (QED) is 0.688. The Hall–Kier alpha value is -0.970. The van der Waals surface area contributed by atoms with Gasteiger partial charge in [-0.2, -0.15) is 0 Å². The van der Waals surface area contributed by atoms with E-state index in [-0.39, 0.29) is 5.82 Å². The van der Waals surface area contributed by atoms with E-state index in [0.29, 0.717) is 32.0 Å². The van der Waals surface area contributed by atoms with Gasteiger partial charge in [-0.3, -0.25) is 0 Å². The topological polar surface area (TPSA) is 30.5 Å². The van der Waals surface area contributed by atoms with Crippen LogP contribution in [0.4, 0.5) is 4.39 Å². The molecular weight excluding hydrogens is 233 g/mol. The Morgan fingerprint density at radius 3 is 2.67 bits per heavy atom. The lowest BCUT2D eigenvalue weighted by atomic mass is 10.1. The number of hydrogen-bond donors (Lipinski definition) is 1. The van der Waals surface area contributed by atoms with Crippen molar-refractivity contribution in [2.45, 2.75) is 27.0 Å². The van der Waals surface area contributed by atoms with E-state index in [9.17, 15) is 4.39 Å². The zero-order valence-electron chi connectivity index (χ0n) is 11.2. The molecule has 102 valence electrons. The molecule has 1 aromatic carbocycles. The Bertz CT molecular complexity index is 345. The molecule has 0 aliphatic heterocycles. The minimum atomic E-state index is -0.216. The van der Waals surface area contributed by atoms with Crippen LogP contribution in [0.15, 0.2) is 18.2 Å². The van der Waals surface area contributed by atoms with Crippen LogP contribution in [0.1, 0.15) is 25.0 Å². The van der Waals surface area contributed by atoms with Crippen LogP contribution in [-0.2, 0) is 22.6 Å².